The van der Waals surface area contributed by atoms with E-state index in [-0.39, 0.29) is 21.2 Å². The van der Waals surface area contributed by atoms with Crippen molar-refractivity contribution >= 4 is 27.3 Å². The number of nitrogens with one attached hydrogen (secondary N) is 1. The Balaban J connectivity index is 2.44. The van der Waals surface area contributed by atoms with E-state index in [1.165, 1.54) is 0 Å². The molecule has 0 amide bonds. The molecule has 0 fully saturated rings. The Morgan fingerprint density at radius 3 is 2.62 bits per heavy atom. The Morgan fingerprint density at radius 1 is 1.24 bits per heavy atom. The molecule has 0 heterocycles. The molecule has 108 valence electrons. The molecule has 7 heteroatoms. The highest BCUT2D eigenvalue weighted by atomic mass is 35.5. The summed E-state index contributed by atoms with van der Waals surface area (Å²) in [4.78, 5) is -0.210. The van der Waals surface area contributed by atoms with Gasteiger partial charge in [0, 0.05) is 0 Å². The van der Waals surface area contributed by atoms with Crippen molar-refractivity contribution in [3.05, 3.63) is 58.4 Å². The van der Waals surface area contributed by atoms with Crippen LogP contribution in [0.15, 0.2) is 41.3 Å². The first-order valence-corrected chi connectivity index (χ1v) is 7.68. The standard InChI is InChI=1S/C14H10ClFN2O2S/c1-9-2-4-12(15)14(6-9)18-21(19,20)11-3-5-13(16)10(7-11)8-17/h2-7,18H,1H3. The van der Waals surface area contributed by atoms with Gasteiger partial charge in [0.2, 0.25) is 0 Å². The number of sulfonamides is 1. The van der Waals surface area contributed by atoms with Gasteiger partial charge in [-0.05, 0) is 42.8 Å². The summed E-state index contributed by atoms with van der Waals surface area (Å²) in [5.74, 6) is -0.773. The zero-order valence-electron chi connectivity index (χ0n) is 10.9. The fourth-order valence-electron chi connectivity index (χ4n) is 1.68. The monoisotopic (exact) mass is 324 g/mol. The van der Waals surface area contributed by atoms with Gasteiger partial charge < -0.3 is 0 Å². The van der Waals surface area contributed by atoms with Crippen LogP contribution in [0.25, 0.3) is 0 Å². The van der Waals surface area contributed by atoms with Crippen LogP contribution in [0, 0.1) is 24.1 Å². The first-order valence-electron chi connectivity index (χ1n) is 5.82. The van der Waals surface area contributed by atoms with Crippen LogP contribution in [0.1, 0.15) is 11.1 Å². The zero-order valence-corrected chi connectivity index (χ0v) is 12.5. The molecular weight excluding hydrogens is 315 g/mol. The van der Waals surface area contributed by atoms with Gasteiger partial charge in [0.15, 0.2) is 0 Å². The van der Waals surface area contributed by atoms with Crippen LogP contribution >= 0.6 is 11.6 Å². The molecule has 2 aromatic rings. The number of nitriles is 1. The van der Waals surface area contributed by atoms with Crippen LogP contribution in [0.4, 0.5) is 10.1 Å². The highest BCUT2D eigenvalue weighted by Crippen LogP contribution is 2.26. The molecule has 0 saturated heterocycles. The first kappa shape index (κ1) is 15.3. The minimum Gasteiger partial charge on any atom is -0.278 e. The third kappa shape index (κ3) is 3.32. The number of hydrogen-bond donors (Lipinski definition) is 1. The summed E-state index contributed by atoms with van der Waals surface area (Å²) in [6.07, 6.45) is 0. The van der Waals surface area contributed by atoms with E-state index in [0.717, 1.165) is 23.8 Å². The fraction of sp³-hybridized carbons (Fsp3) is 0.0714. The molecule has 0 aromatic heterocycles. The van der Waals surface area contributed by atoms with Crippen molar-refractivity contribution < 1.29 is 12.8 Å². The van der Waals surface area contributed by atoms with Crippen LogP contribution in [-0.4, -0.2) is 8.42 Å². The maximum atomic E-state index is 13.2. The summed E-state index contributed by atoms with van der Waals surface area (Å²) in [6.45, 7) is 1.79. The van der Waals surface area contributed by atoms with Crippen molar-refractivity contribution in [2.24, 2.45) is 0 Å². The third-order valence-corrected chi connectivity index (χ3v) is 4.43. The summed E-state index contributed by atoms with van der Waals surface area (Å²) in [6, 6.07) is 9.48. The molecule has 0 aliphatic heterocycles. The summed E-state index contributed by atoms with van der Waals surface area (Å²) in [5.41, 5.74) is 0.710. The molecule has 0 radical (unpaired) electrons. The summed E-state index contributed by atoms with van der Waals surface area (Å²) >= 11 is 5.93. The molecule has 2 rings (SSSR count). The van der Waals surface area contributed by atoms with Crippen molar-refractivity contribution in [2.45, 2.75) is 11.8 Å². The predicted octanol–water partition coefficient (Wildman–Crippen LogP) is 3.46. The average Bonchev–Trinajstić information content (AvgIpc) is 2.43. The van der Waals surface area contributed by atoms with E-state index in [1.807, 2.05) is 0 Å². The largest absolute Gasteiger partial charge is 0.278 e. The normalized spacial score (nSPS) is 11.0. The third-order valence-electron chi connectivity index (χ3n) is 2.73. The Morgan fingerprint density at radius 2 is 1.95 bits per heavy atom. The molecule has 1 N–H and O–H groups in total. The summed E-state index contributed by atoms with van der Waals surface area (Å²) in [5, 5.41) is 8.99. The highest BCUT2D eigenvalue weighted by Gasteiger charge is 2.17. The van der Waals surface area contributed by atoms with Gasteiger partial charge in [-0.2, -0.15) is 5.26 Å². The summed E-state index contributed by atoms with van der Waals surface area (Å²) in [7, 11) is -3.95. The Hall–Kier alpha value is -2.10. The fourth-order valence-corrected chi connectivity index (χ4v) is 3.00. The molecule has 0 saturated carbocycles. The number of benzene rings is 2. The van der Waals surface area contributed by atoms with Crippen molar-refractivity contribution in [1.29, 1.82) is 5.26 Å². The lowest BCUT2D eigenvalue weighted by atomic mass is 10.2. The molecule has 0 unspecified atom stereocenters. The Kier molecular flexibility index (Phi) is 4.16. The second kappa shape index (κ2) is 5.72. The van der Waals surface area contributed by atoms with E-state index in [4.69, 9.17) is 16.9 Å². The van der Waals surface area contributed by atoms with Crippen molar-refractivity contribution in [3.63, 3.8) is 0 Å². The average molecular weight is 325 g/mol. The second-order valence-corrected chi connectivity index (χ2v) is 6.43. The van der Waals surface area contributed by atoms with Gasteiger partial charge in [0.1, 0.15) is 11.9 Å². The van der Waals surface area contributed by atoms with E-state index in [1.54, 1.807) is 31.2 Å². The van der Waals surface area contributed by atoms with Crippen molar-refractivity contribution in [1.82, 2.24) is 0 Å². The Labute approximate surface area is 126 Å². The molecule has 0 aliphatic rings. The lowest BCUT2D eigenvalue weighted by Crippen LogP contribution is -2.13. The second-order valence-electron chi connectivity index (χ2n) is 4.34. The molecule has 0 bridgehead atoms. The number of anilines is 1. The topological polar surface area (TPSA) is 70.0 Å². The lowest BCUT2D eigenvalue weighted by molar-refractivity contribution is 0.599. The molecule has 2 aromatic carbocycles. The van der Waals surface area contributed by atoms with Crippen LogP contribution < -0.4 is 4.72 Å². The van der Waals surface area contributed by atoms with Crippen LogP contribution in [0.2, 0.25) is 5.02 Å². The number of hydrogen-bond acceptors (Lipinski definition) is 3. The molecule has 0 atom stereocenters. The summed E-state index contributed by atoms with van der Waals surface area (Å²) < 4.78 is 40.1. The van der Waals surface area contributed by atoms with Gasteiger partial charge in [-0.1, -0.05) is 17.7 Å². The quantitative estimate of drug-likeness (QED) is 0.940. The minimum atomic E-state index is -3.95. The van der Waals surface area contributed by atoms with E-state index in [2.05, 4.69) is 4.72 Å². The molecular formula is C14H10ClFN2O2S. The SMILES string of the molecule is Cc1ccc(Cl)c(NS(=O)(=O)c2ccc(F)c(C#N)c2)c1. The van der Waals surface area contributed by atoms with E-state index < -0.39 is 15.8 Å². The maximum Gasteiger partial charge on any atom is 0.261 e. The number of aryl methyl sites for hydroxylation is 1. The number of rotatable bonds is 3. The van der Waals surface area contributed by atoms with Crippen molar-refractivity contribution in [2.75, 3.05) is 4.72 Å². The van der Waals surface area contributed by atoms with Gasteiger partial charge in [0.25, 0.3) is 10.0 Å². The smallest absolute Gasteiger partial charge is 0.261 e. The maximum absolute atomic E-state index is 13.2. The predicted molar refractivity (Wildman–Crippen MR) is 78.1 cm³/mol. The van der Waals surface area contributed by atoms with Crippen LogP contribution in [0.3, 0.4) is 0 Å². The molecule has 0 spiro atoms. The van der Waals surface area contributed by atoms with Gasteiger partial charge in [0.05, 0.1) is 21.2 Å². The van der Waals surface area contributed by atoms with Gasteiger partial charge in [-0.3, -0.25) is 4.72 Å². The van der Waals surface area contributed by atoms with Gasteiger partial charge >= 0.3 is 0 Å². The molecule has 0 aliphatic carbocycles. The van der Waals surface area contributed by atoms with Gasteiger partial charge in [-0.25, -0.2) is 12.8 Å². The lowest BCUT2D eigenvalue weighted by Gasteiger charge is -2.10. The highest BCUT2D eigenvalue weighted by molar-refractivity contribution is 7.92. The van der Waals surface area contributed by atoms with Crippen molar-refractivity contribution in [3.8, 4) is 6.07 Å². The van der Waals surface area contributed by atoms with E-state index in [0.29, 0.717) is 0 Å². The molecule has 21 heavy (non-hydrogen) atoms. The number of nitrogens with zero attached hydrogens (tertiary/aromatic N) is 1. The van der Waals surface area contributed by atoms with E-state index in [9.17, 15) is 12.8 Å². The first-order chi connectivity index (χ1) is 9.83. The van der Waals surface area contributed by atoms with E-state index >= 15 is 0 Å². The van der Waals surface area contributed by atoms with Gasteiger partial charge in [-0.15, -0.1) is 0 Å². The van der Waals surface area contributed by atoms with Crippen LogP contribution in [-0.2, 0) is 10.0 Å². The Bertz CT molecular complexity index is 845. The van der Waals surface area contributed by atoms with Crippen LogP contribution in [0.5, 0.6) is 0 Å². The number of halogens is 2. The zero-order chi connectivity index (χ0) is 15.6. The molecule has 4 nitrogen and oxygen atoms in total. The minimum absolute atomic E-state index is 0.210.